The number of rotatable bonds is 3. The smallest absolute Gasteiger partial charge is 0.224 e. The van der Waals surface area contributed by atoms with Crippen LogP contribution in [0.2, 0.25) is 0 Å². The Morgan fingerprint density at radius 1 is 1.35 bits per heavy atom. The van der Waals surface area contributed by atoms with Crippen molar-refractivity contribution < 1.29 is 16.8 Å². The highest BCUT2D eigenvalue weighted by Crippen LogP contribution is 2.27. The average Bonchev–Trinajstić information content (AvgIpc) is 2.55. The highest BCUT2D eigenvalue weighted by Gasteiger charge is 2.27. The lowest BCUT2D eigenvalue weighted by atomic mass is 10.2. The van der Waals surface area contributed by atoms with E-state index in [2.05, 4.69) is 4.72 Å². The molecule has 0 unspecified atom stereocenters. The molecule has 0 saturated carbocycles. The fourth-order valence-corrected chi connectivity index (χ4v) is 4.49. The fourth-order valence-electron chi connectivity index (χ4n) is 1.85. The Morgan fingerprint density at radius 3 is 2.71 bits per heavy atom. The molecule has 0 atom stereocenters. The lowest BCUT2D eigenvalue weighted by Gasteiger charge is -2.06. The quantitative estimate of drug-likeness (QED) is 0.861. The van der Waals surface area contributed by atoms with Crippen LogP contribution < -0.4 is 4.72 Å². The minimum atomic E-state index is -3.51. The van der Waals surface area contributed by atoms with Crippen LogP contribution in [0.5, 0.6) is 0 Å². The summed E-state index contributed by atoms with van der Waals surface area (Å²) in [4.78, 5) is 0.378. The number of aryl methyl sites for hydroxylation is 1. The van der Waals surface area contributed by atoms with Crippen molar-refractivity contribution in [1.29, 1.82) is 0 Å². The van der Waals surface area contributed by atoms with E-state index < -0.39 is 19.9 Å². The van der Waals surface area contributed by atoms with E-state index >= 15 is 0 Å². The molecule has 0 bridgehead atoms. The Hall–Kier alpha value is -0.920. The topological polar surface area (TPSA) is 80.3 Å². The van der Waals surface area contributed by atoms with E-state index in [4.69, 9.17) is 0 Å². The summed E-state index contributed by atoms with van der Waals surface area (Å²) in [6, 6.07) is 4.15. The monoisotopic (exact) mass is 275 g/mol. The van der Waals surface area contributed by atoms with Crippen LogP contribution in [0, 0.1) is 0 Å². The van der Waals surface area contributed by atoms with Crippen molar-refractivity contribution in [1.82, 2.24) is 4.72 Å². The standard InChI is InChI=1S/C10H13NO4S2/c1-2-11-17(14,15)9-3-4-10-8(7-9)5-6-16(10,12)13/h3-4,7,11H,2,5-6H2,1H3. The maximum Gasteiger partial charge on any atom is 0.240 e. The van der Waals surface area contributed by atoms with Crippen LogP contribution in [0.25, 0.3) is 0 Å². The average molecular weight is 275 g/mol. The van der Waals surface area contributed by atoms with Gasteiger partial charge in [-0.3, -0.25) is 0 Å². The zero-order chi connectivity index (χ0) is 12.7. The van der Waals surface area contributed by atoms with Gasteiger partial charge in [0.1, 0.15) is 0 Å². The van der Waals surface area contributed by atoms with Gasteiger partial charge in [0.25, 0.3) is 0 Å². The third kappa shape index (κ3) is 2.22. The zero-order valence-electron chi connectivity index (χ0n) is 9.30. The lowest BCUT2D eigenvalue weighted by molar-refractivity contribution is 0.583. The van der Waals surface area contributed by atoms with Crippen molar-refractivity contribution in [2.45, 2.75) is 23.1 Å². The van der Waals surface area contributed by atoms with Gasteiger partial charge in [-0.2, -0.15) is 0 Å². The number of benzene rings is 1. The van der Waals surface area contributed by atoms with Crippen LogP contribution in [-0.4, -0.2) is 29.1 Å². The molecule has 5 nitrogen and oxygen atoms in total. The summed E-state index contributed by atoms with van der Waals surface area (Å²) in [5.41, 5.74) is 0.587. The summed E-state index contributed by atoms with van der Waals surface area (Å²) in [5.74, 6) is 0.0625. The molecule has 0 saturated heterocycles. The van der Waals surface area contributed by atoms with Crippen LogP contribution in [-0.2, 0) is 26.3 Å². The van der Waals surface area contributed by atoms with Crippen molar-refractivity contribution in [3.63, 3.8) is 0 Å². The minimum absolute atomic E-state index is 0.0625. The Kier molecular flexibility index (Phi) is 3.01. The van der Waals surface area contributed by atoms with Gasteiger partial charge in [-0.15, -0.1) is 0 Å². The van der Waals surface area contributed by atoms with Gasteiger partial charge in [0.15, 0.2) is 9.84 Å². The second kappa shape index (κ2) is 4.08. The van der Waals surface area contributed by atoms with E-state index in [0.29, 0.717) is 18.5 Å². The molecule has 1 aromatic rings. The number of fused-ring (bicyclic) bond motifs is 1. The van der Waals surface area contributed by atoms with E-state index in [-0.39, 0.29) is 15.5 Å². The van der Waals surface area contributed by atoms with Crippen molar-refractivity contribution in [2.24, 2.45) is 0 Å². The maximum atomic E-state index is 11.7. The van der Waals surface area contributed by atoms with Crippen molar-refractivity contribution in [2.75, 3.05) is 12.3 Å². The summed E-state index contributed by atoms with van der Waals surface area (Å²) >= 11 is 0. The highest BCUT2D eigenvalue weighted by molar-refractivity contribution is 7.91. The van der Waals surface area contributed by atoms with Gasteiger partial charge < -0.3 is 0 Å². The molecule has 2 rings (SSSR count). The molecule has 0 fully saturated rings. The van der Waals surface area contributed by atoms with Gasteiger partial charge in [0.2, 0.25) is 10.0 Å². The van der Waals surface area contributed by atoms with Gasteiger partial charge in [0, 0.05) is 6.54 Å². The van der Waals surface area contributed by atoms with Gasteiger partial charge in [-0.05, 0) is 30.2 Å². The molecular formula is C10H13NO4S2. The molecule has 1 aliphatic rings. The first-order valence-electron chi connectivity index (χ1n) is 5.22. The first kappa shape index (κ1) is 12.5. The molecule has 1 heterocycles. The molecule has 0 aromatic heterocycles. The van der Waals surface area contributed by atoms with Crippen LogP contribution in [0.4, 0.5) is 0 Å². The number of nitrogens with one attached hydrogen (secondary N) is 1. The third-order valence-corrected chi connectivity index (χ3v) is 6.01. The van der Waals surface area contributed by atoms with E-state index in [0.717, 1.165) is 0 Å². The summed E-state index contributed by atoms with van der Waals surface area (Å²) in [7, 11) is -6.71. The molecule has 0 radical (unpaired) electrons. The zero-order valence-corrected chi connectivity index (χ0v) is 10.9. The molecule has 1 aliphatic heterocycles. The second-order valence-electron chi connectivity index (χ2n) is 3.84. The summed E-state index contributed by atoms with van der Waals surface area (Å²) < 4.78 is 49.0. The van der Waals surface area contributed by atoms with Crippen LogP contribution in [0.1, 0.15) is 12.5 Å². The molecule has 7 heteroatoms. The van der Waals surface area contributed by atoms with E-state index in [1.807, 2.05) is 0 Å². The predicted octanol–water partition coefficient (Wildman–Crippen LogP) is 0.315. The van der Waals surface area contributed by atoms with Crippen molar-refractivity contribution in [3.8, 4) is 0 Å². The number of sulfone groups is 1. The summed E-state index contributed by atoms with van der Waals surface area (Å²) in [5, 5.41) is 0. The predicted molar refractivity (Wildman–Crippen MR) is 63.1 cm³/mol. The first-order chi connectivity index (χ1) is 7.87. The van der Waals surface area contributed by atoms with Crippen LogP contribution in [0.15, 0.2) is 28.0 Å². The van der Waals surface area contributed by atoms with E-state index in [1.54, 1.807) is 6.92 Å². The largest absolute Gasteiger partial charge is 0.240 e. The molecule has 94 valence electrons. The molecule has 1 aromatic carbocycles. The Balaban J connectivity index is 2.51. The van der Waals surface area contributed by atoms with E-state index in [1.165, 1.54) is 18.2 Å². The van der Waals surface area contributed by atoms with Crippen molar-refractivity contribution >= 4 is 19.9 Å². The van der Waals surface area contributed by atoms with E-state index in [9.17, 15) is 16.8 Å². The summed E-state index contributed by atoms with van der Waals surface area (Å²) in [6.45, 7) is 1.99. The second-order valence-corrected chi connectivity index (χ2v) is 7.68. The van der Waals surface area contributed by atoms with Gasteiger partial charge in [-0.1, -0.05) is 6.92 Å². The number of hydrogen-bond donors (Lipinski definition) is 1. The first-order valence-corrected chi connectivity index (χ1v) is 8.36. The van der Waals surface area contributed by atoms with Gasteiger partial charge in [-0.25, -0.2) is 21.6 Å². The minimum Gasteiger partial charge on any atom is -0.224 e. The van der Waals surface area contributed by atoms with Crippen LogP contribution >= 0.6 is 0 Å². The molecule has 1 N–H and O–H groups in total. The van der Waals surface area contributed by atoms with Crippen LogP contribution in [0.3, 0.4) is 0 Å². The molecule has 0 aliphatic carbocycles. The van der Waals surface area contributed by atoms with Gasteiger partial charge in [0.05, 0.1) is 15.5 Å². The fraction of sp³-hybridized carbons (Fsp3) is 0.400. The SMILES string of the molecule is CCNS(=O)(=O)c1ccc2c(c1)CCS2(=O)=O. The van der Waals surface area contributed by atoms with Gasteiger partial charge >= 0.3 is 0 Å². The number of sulfonamides is 1. The molecule has 17 heavy (non-hydrogen) atoms. The highest BCUT2D eigenvalue weighted by atomic mass is 32.2. The Labute approximate surface area is 101 Å². The number of hydrogen-bond acceptors (Lipinski definition) is 4. The summed E-state index contributed by atoms with van der Waals surface area (Å²) in [6.07, 6.45) is 0.382. The lowest BCUT2D eigenvalue weighted by Crippen LogP contribution is -2.23. The third-order valence-electron chi connectivity index (χ3n) is 2.65. The molecule has 0 amide bonds. The normalized spacial score (nSPS) is 17.9. The molecular weight excluding hydrogens is 262 g/mol. The Bertz CT molecular complexity index is 647. The Morgan fingerprint density at radius 2 is 2.06 bits per heavy atom. The maximum absolute atomic E-state index is 11.7. The van der Waals surface area contributed by atoms with Crippen molar-refractivity contribution in [3.05, 3.63) is 23.8 Å². The molecule has 0 spiro atoms.